The van der Waals surface area contributed by atoms with E-state index in [9.17, 15) is 23.5 Å². The van der Waals surface area contributed by atoms with Gasteiger partial charge in [-0.05, 0) is 24.9 Å². The van der Waals surface area contributed by atoms with Crippen molar-refractivity contribution in [2.24, 2.45) is 5.92 Å². The summed E-state index contributed by atoms with van der Waals surface area (Å²) in [6.07, 6.45) is 3.48. The molecule has 2 unspecified atom stereocenters. The Morgan fingerprint density at radius 1 is 1.29 bits per heavy atom. The fourth-order valence-electron chi connectivity index (χ4n) is 2.79. The Bertz CT molecular complexity index is 825. The van der Waals surface area contributed by atoms with Crippen molar-refractivity contribution in [2.45, 2.75) is 38.8 Å². The molecule has 152 valence electrons. The summed E-state index contributed by atoms with van der Waals surface area (Å²) < 4.78 is 28.9. The van der Waals surface area contributed by atoms with Gasteiger partial charge in [-0.1, -0.05) is 19.1 Å². The van der Waals surface area contributed by atoms with Gasteiger partial charge in [-0.15, -0.1) is 0 Å². The molecule has 3 N–H and O–H groups in total. The Labute approximate surface area is 161 Å². The first-order valence-corrected chi connectivity index (χ1v) is 8.87. The van der Waals surface area contributed by atoms with Crippen molar-refractivity contribution in [3.63, 3.8) is 0 Å². The first kappa shape index (κ1) is 21.5. The fraction of sp³-hybridized carbons (Fsp3) is 0.421. The average Bonchev–Trinajstić information content (AvgIpc) is 3.07. The van der Waals surface area contributed by atoms with Crippen molar-refractivity contribution in [1.29, 1.82) is 0 Å². The minimum atomic E-state index is -1.06. The van der Waals surface area contributed by atoms with Gasteiger partial charge in [0.15, 0.2) is 11.6 Å². The van der Waals surface area contributed by atoms with Crippen molar-refractivity contribution in [3.05, 3.63) is 53.6 Å². The first-order chi connectivity index (χ1) is 13.3. The number of carboxylic acid groups (broad SMARTS) is 2. The molecule has 0 fully saturated rings. The van der Waals surface area contributed by atoms with Crippen LogP contribution in [0.4, 0.5) is 8.78 Å². The number of hydrogen-bond donors (Lipinski definition) is 3. The van der Waals surface area contributed by atoms with Crippen LogP contribution in [-0.4, -0.2) is 44.3 Å². The number of nitrogens with zero attached hydrogens (tertiary/aromatic N) is 2. The minimum Gasteiger partial charge on any atom is -0.481 e. The number of halogens is 2. The summed E-state index contributed by atoms with van der Waals surface area (Å²) in [6, 6.07) is 2.98. The SMILES string of the molecule is CC(CCC(=O)O)CNC(Cc1cncn1Cc1cccc(F)c1F)C(=O)O. The topological polar surface area (TPSA) is 104 Å². The van der Waals surface area contributed by atoms with Crippen LogP contribution in [0.2, 0.25) is 0 Å². The van der Waals surface area contributed by atoms with E-state index in [2.05, 4.69) is 10.3 Å². The van der Waals surface area contributed by atoms with E-state index in [-0.39, 0.29) is 30.9 Å². The van der Waals surface area contributed by atoms with Crippen LogP contribution >= 0.6 is 0 Å². The summed E-state index contributed by atoms with van der Waals surface area (Å²) in [5.41, 5.74) is 0.697. The molecule has 2 aromatic rings. The average molecular weight is 395 g/mol. The van der Waals surface area contributed by atoms with Crippen LogP contribution in [0.5, 0.6) is 0 Å². The Kier molecular flexibility index (Phi) is 7.62. The van der Waals surface area contributed by atoms with E-state index < -0.39 is 29.6 Å². The molecular weight excluding hydrogens is 372 g/mol. The van der Waals surface area contributed by atoms with Gasteiger partial charge in [-0.3, -0.25) is 9.59 Å². The zero-order valence-electron chi connectivity index (χ0n) is 15.4. The number of benzene rings is 1. The molecule has 0 saturated heterocycles. The van der Waals surface area contributed by atoms with Crippen LogP contribution in [0, 0.1) is 17.6 Å². The third-order valence-corrected chi connectivity index (χ3v) is 4.45. The zero-order valence-corrected chi connectivity index (χ0v) is 15.4. The second kappa shape index (κ2) is 9.93. The number of aromatic nitrogens is 2. The van der Waals surface area contributed by atoms with Crippen LogP contribution in [0.25, 0.3) is 0 Å². The number of rotatable bonds is 11. The standard InChI is InChI=1S/C19H23F2N3O4/c1-12(5-6-17(25)26)8-23-16(19(27)28)7-14-9-22-11-24(14)10-13-3-2-4-15(20)18(13)21/h2-4,9,11-12,16,23H,5-8,10H2,1H3,(H,25,26)(H,27,28). The van der Waals surface area contributed by atoms with Crippen molar-refractivity contribution in [1.82, 2.24) is 14.9 Å². The van der Waals surface area contributed by atoms with E-state index in [4.69, 9.17) is 5.11 Å². The number of nitrogens with one attached hydrogen (secondary N) is 1. The Hall–Kier alpha value is -2.81. The van der Waals surface area contributed by atoms with Crippen molar-refractivity contribution in [3.8, 4) is 0 Å². The van der Waals surface area contributed by atoms with Crippen LogP contribution in [0.1, 0.15) is 31.0 Å². The smallest absolute Gasteiger partial charge is 0.321 e. The third-order valence-electron chi connectivity index (χ3n) is 4.45. The summed E-state index contributed by atoms with van der Waals surface area (Å²) >= 11 is 0. The first-order valence-electron chi connectivity index (χ1n) is 8.87. The highest BCUT2D eigenvalue weighted by Gasteiger charge is 2.21. The summed E-state index contributed by atoms with van der Waals surface area (Å²) in [7, 11) is 0. The van der Waals surface area contributed by atoms with Gasteiger partial charge < -0.3 is 20.1 Å². The molecule has 0 bridgehead atoms. The zero-order chi connectivity index (χ0) is 20.7. The number of carboxylic acids is 2. The van der Waals surface area contributed by atoms with E-state index >= 15 is 0 Å². The van der Waals surface area contributed by atoms with Gasteiger partial charge in [0, 0.05) is 30.3 Å². The Morgan fingerprint density at radius 3 is 2.71 bits per heavy atom. The molecule has 7 nitrogen and oxygen atoms in total. The highest BCUT2D eigenvalue weighted by atomic mass is 19.2. The number of carbonyl (C=O) groups is 2. The van der Waals surface area contributed by atoms with Gasteiger partial charge in [0.05, 0.1) is 12.9 Å². The summed E-state index contributed by atoms with van der Waals surface area (Å²) in [5, 5.41) is 21.1. The second-order valence-corrected chi connectivity index (χ2v) is 6.77. The summed E-state index contributed by atoms with van der Waals surface area (Å²) in [6.45, 7) is 2.21. The molecule has 0 aliphatic rings. The molecule has 0 aliphatic heterocycles. The maximum absolute atomic E-state index is 13.9. The van der Waals surface area contributed by atoms with Gasteiger partial charge in [0.2, 0.25) is 0 Å². The molecule has 28 heavy (non-hydrogen) atoms. The van der Waals surface area contributed by atoms with Gasteiger partial charge in [0.25, 0.3) is 0 Å². The molecule has 1 aromatic heterocycles. The molecule has 2 rings (SSSR count). The van der Waals surface area contributed by atoms with E-state index in [1.807, 2.05) is 6.92 Å². The highest BCUT2D eigenvalue weighted by Crippen LogP contribution is 2.15. The largest absolute Gasteiger partial charge is 0.481 e. The van der Waals surface area contributed by atoms with Crippen molar-refractivity contribution < 1.29 is 28.6 Å². The van der Waals surface area contributed by atoms with Crippen molar-refractivity contribution in [2.75, 3.05) is 6.54 Å². The van der Waals surface area contributed by atoms with Crippen molar-refractivity contribution >= 4 is 11.9 Å². The van der Waals surface area contributed by atoms with Crippen LogP contribution in [0.15, 0.2) is 30.7 Å². The van der Waals surface area contributed by atoms with Crippen LogP contribution in [0.3, 0.4) is 0 Å². The van der Waals surface area contributed by atoms with E-state index in [1.54, 1.807) is 4.57 Å². The van der Waals surface area contributed by atoms with Gasteiger partial charge in [0.1, 0.15) is 6.04 Å². The lowest BCUT2D eigenvalue weighted by Gasteiger charge is -2.18. The maximum atomic E-state index is 13.9. The number of imidazole rings is 1. The predicted octanol–water partition coefficient (Wildman–Crippen LogP) is 2.30. The molecule has 0 aliphatic carbocycles. The maximum Gasteiger partial charge on any atom is 0.321 e. The predicted molar refractivity (Wildman–Crippen MR) is 96.9 cm³/mol. The monoisotopic (exact) mass is 395 g/mol. The lowest BCUT2D eigenvalue weighted by atomic mass is 10.0. The molecule has 0 radical (unpaired) electrons. The highest BCUT2D eigenvalue weighted by molar-refractivity contribution is 5.73. The molecule has 0 saturated carbocycles. The van der Waals surface area contributed by atoms with Crippen LogP contribution < -0.4 is 5.32 Å². The molecular formula is C19H23F2N3O4. The molecule has 1 heterocycles. The third kappa shape index (κ3) is 6.12. The van der Waals surface area contributed by atoms with Crippen LogP contribution in [-0.2, 0) is 22.6 Å². The minimum absolute atomic E-state index is 0.00995. The number of aliphatic carboxylic acids is 2. The second-order valence-electron chi connectivity index (χ2n) is 6.77. The Morgan fingerprint density at radius 2 is 2.04 bits per heavy atom. The normalized spacial score (nSPS) is 13.2. The fourth-order valence-corrected chi connectivity index (χ4v) is 2.79. The quantitative estimate of drug-likeness (QED) is 0.539. The van der Waals surface area contributed by atoms with Gasteiger partial charge in [-0.25, -0.2) is 13.8 Å². The van der Waals surface area contributed by atoms with E-state index in [0.29, 0.717) is 18.7 Å². The van der Waals surface area contributed by atoms with E-state index in [0.717, 1.165) is 6.07 Å². The molecule has 1 aromatic carbocycles. The van der Waals surface area contributed by atoms with Gasteiger partial charge >= 0.3 is 11.9 Å². The Balaban J connectivity index is 2.02. The lowest BCUT2D eigenvalue weighted by Crippen LogP contribution is -2.41. The summed E-state index contributed by atoms with van der Waals surface area (Å²) in [4.78, 5) is 26.2. The van der Waals surface area contributed by atoms with E-state index in [1.165, 1.54) is 24.7 Å². The number of hydrogen-bond acceptors (Lipinski definition) is 4. The molecule has 0 spiro atoms. The summed E-state index contributed by atoms with van der Waals surface area (Å²) in [5.74, 6) is -3.85. The molecule has 0 amide bonds. The lowest BCUT2D eigenvalue weighted by molar-refractivity contribution is -0.140. The van der Waals surface area contributed by atoms with Gasteiger partial charge in [-0.2, -0.15) is 0 Å². The molecule has 2 atom stereocenters. The molecule has 9 heteroatoms.